The number of fused-ring (bicyclic) bond motifs is 5. The fraction of sp³-hybridized carbons (Fsp3) is 0.250. The number of ketones is 2. The number of hydrogen-bond donors (Lipinski definition) is 4. The van der Waals surface area contributed by atoms with Crippen molar-refractivity contribution in [2.75, 3.05) is 5.32 Å². The number of anilines is 1. The summed E-state index contributed by atoms with van der Waals surface area (Å²) in [7, 11) is 0. The molecule has 2 heterocycles. The van der Waals surface area contributed by atoms with Crippen molar-refractivity contribution in [3.63, 3.8) is 0 Å². The highest BCUT2D eigenvalue weighted by molar-refractivity contribution is 6.32. The zero-order valence-electron chi connectivity index (χ0n) is 21.1. The average Bonchev–Trinajstić information content (AvgIpc) is 3.63. The standard InChI is InChI=1S/C32H24N2O5/c1-17(35)32-25-8-6-4-2-3-5-7-11-31(32,39-32)23-15-24(36)26-27(28(23)34-25)30(38)21-13-19-10-9-18(16-33)12-20(19)14-22(21)29(26)37/h2,4,9-10,12-15,17,25,34-36H,7,11,16,33H2,1H3/b4-2-/t17-,25+,31-,32+/m1/s1. The van der Waals surface area contributed by atoms with E-state index in [0.29, 0.717) is 30.6 Å². The lowest BCUT2D eigenvalue weighted by Crippen LogP contribution is -2.52. The van der Waals surface area contributed by atoms with E-state index in [0.717, 1.165) is 16.3 Å². The Morgan fingerprint density at radius 3 is 2.59 bits per heavy atom. The number of ether oxygens (including phenoxy) is 1. The number of carbonyl (C=O) groups is 2. The number of carbonyl (C=O) groups excluding carboxylic acids is 2. The van der Waals surface area contributed by atoms with Crippen molar-refractivity contribution < 1.29 is 24.5 Å². The van der Waals surface area contributed by atoms with Gasteiger partial charge < -0.3 is 26.0 Å². The largest absolute Gasteiger partial charge is 0.507 e. The minimum absolute atomic E-state index is 0.0517. The van der Waals surface area contributed by atoms with E-state index in [1.807, 2.05) is 18.2 Å². The van der Waals surface area contributed by atoms with Crippen LogP contribution in [0.2, 0.25) is 0 Å². The molecule has 5 N–H and O–H groups in total. The van der Waals surface area contributed by atoms with Crippen LogP contribution < -0.4 is 11.1 Å². The highest BCUT2D eigenvalue weighted by Crippen LogP contribution is 2.67. The van der Waals surface area contributed by atoms with Gasteiger partial charge in [-0.2, -0.15) is 0 Å². The Morgan fingerprint density at radius 1 is 1.08 bits per heavy atom. The number of rotatable bonds is 2. The SMILES string of the molecule is C[C@@H](O)[C@@]12O[C@@]13CCC#C/C=C\C#C[C@@H]2Nc1c3cc(O)c2c1C(=O)c1cc3ccc(CN)cc3cc1C2=O. The molecule has 0 spiro atoms. The van der Waals surface area contributed by atoms with Crippen LogP contribution in [0.5, 0.6) is 5.75 Å². The molecule has 1 saturated heterocycles. The molecule has 2 aliphatic heterocycles. The first-order chi connectivity index (χ1) is 18.8. The van der Waals surface area contributed by atoms with Gasteiger partial charge in [-0.25, -0.2) is 0 Å². The van der Waals surface area contributed by atoms with E-state index in [1.54, 1.807) is 31.2 Å². The van der Waals surface area contributed by atoms with Crippen LogP contribution in [0.4, 0.5) is 5.69 Å². The first-order valence-corrected chi connectivity index (χ1v) is 12.9. The Labute approximate surface area is 224 Å². The quantitative estimate of drug-likeness (QED) is 0.183. The van der Waals surface area contributed by atoms with Crippen molar-refractivity contribution in [1.82, 2.24) is 0 Å². The number of aromatic hydroxyl groups is 1. The molecular weight excluding hydrogens is 492 g/mol. The Hall–Kier alpha value is -4.40. The lowest BCUT2D eigenvalue weighted by molar-refractivity contribution is 0.0868. The predicted octanol–water partition coefficient (Wildman–Crippen LogP) is 3.28. The number of hydrogen-bond acceptors (Lipinski definition) is 7. The Balaban J connectivity index is 1.47. The summed E-state index contributed by atoms with van der Waals surface area (Å²) in [5.74, 6) is 11.0. The van der Waals surface area contributed by atoms with Gasteiger partial charge >= 0.3 is 0 Å². The van der Waals surface area contributed by atoms with Gasteiger partial charge in [0.25, 0.3) is 0 Å². The number of aliphatic hydroxyl groups excluding tert-OH is 1. The van der Waals surface area contributed by atoms with Crippen LogP contribution in [0, 0.1) is 23.7 Å². The number of benzene rings is 3. The maximum absolute atomic E-state index is 14.1. The molecule has 3 aromatic carbocycles. The monoisotopic (exact) mass is 516 g/mol. The Bertz CT molecular complexity index is 1820. The smallest absolute Gasteiger partial charge is 0.198 e. The molecule has 0 unspecified atom stereocenters. The first kappa shape index (κ1) is 23.7. The van der Waals surface area contributed by atoms with Crippen LogP contribution in [0.3, 0.4) is 0 Å². The average molecular weight is 517 g/mol. The lowest BCUT2D eigenvalue weighted by atomic mass is 9.70. The second-order valence-electron chi connectivity index (χ2n) is 10.4. The summed E-state index contributed by atoms with van der Waals surface area (Å²) in [5, 5.41) is 27.1. The van der Waals surface area contributed by atoms with Gasteiger partial charge in [0.1, 0.15) is 17.4 Å². The van der Waals surface area contributed by atoms with E-state index < -0.39 is 29.1 Å². The number of nitrogens with two attached hydrogens (primary N) is 1. The van der Waals surface area contributed by atoms with Crippen molar-refractivity contribution in [3.8, 4) is 29.4 Å². The van der Waals surface area contributed by atoms with Gasteiger partial charge in [0, 0.05) is 29.7 Å². The van der Waals surface area contributed by atoms with E-state index in [2.05, 4.69) is 29.0 Å². The summed E-state index contributed by atoms with van der Waals surface area (Å²) in [6.45, 7) is 2.00. The van der Waals surface area contributed by atoms with E-state index in [9.17, 15) is 19.8 Å². The van der Waals surface area contributed by atoms with Gasteiger partial charge in [-0.05, 0) is 66.1 Å². The van der Waals surface area contributed by atoms with Crippen molar-refractivity contribution in [3.05, 3.63) is 81.9 Å². The Kier molecular flexibility index (Phi) is 4.89. The van der Waals surface area contributed by atoms with Gasteiger partial charge in [-0.15, -0.1) is 0 Å². The first-order valence-electron chi connectivity index (χ1n) is 12.9. The maximum Gasteiger partial charge on any atom is 0.198 e. The van der Waals surface area contributed by atoms with Crippen molar-refractivity contribution in [2.24, 2.45) is 5.73 Å². The molecule has 4 aliphatic rings. The van der Waals surface area contributed by atoms with E-state index in [1.165, 1.54) is 6.07 Å². The van der Waals surface area contributed by atoms with Crippen molar-refractivity contribution in [2.45, 2.75) is 49.7 Å². The number of allylic oxidation sites excluding steroid dienone is 2. The number of epoxide rings is 1. The summed E-state index contributed by atoms with van der Waals surface area (Å²) in [6.07, 6.45) is 3.25. The number of aliphatic hydroxyl groups is 1. The van der Waals surface area contributed by atoms with Crippen molar-refractivity contribution >= 4 is 28.0 Å². The van der Waals surface area contributed by atoms with E-state index in [-0.39, 0.29) is 33.8 Å². The fourth-order valence-corrected chi connectivity index (χ4v) is 6.56. The van der Waals surface area contributed by atoms with Crippen molar-refractivity contribution in [1.29, 1.82) is 0 Å². The molecule has 7 nitrogen and oxygen atoms in total. The number of phenolic OH excluding ortho intramolecular Hbond substituents is 1. The minimum atomic E-state index is -1.11. The second kappa shape index (κ2) is 8.05. The summed E-state index contributed by atoms with van der Waals surface area (Å²) in [4.78, 5) is 28.0. The molecule has 1 fully saturated rings. The molecule has 2 bridgehead atoms. The number of nitrogens with one attached hydrogen (secondary N) is 1. The molecule has 0 amide bonds. The number of phenols is 1. The fourth-order valence-electron chi connectivity index (χ4n) is 6.56. The zero-order valence-corrected chi connectivity index (χ0v) is 21.1. The molecule has 7 heteroatoms. The third kappa shape index (κ3) is 3.01. The molecule has 3 aromatic rings. The van der Waals surface area contributed by atoms with Gasteiger partial charge in [0.2, 0.25) is 0 Å². The molecule has 0 saturated carbocycles. The van der Waals surface area contributed by atoms with Crippen LogP contribution in [-0.2, 0) is 16.9 Å². The molecule has 4 atom stereocenters. The molecule has 7 rings (SSSR count). The zero-order chi connectivity index (χ0) is 27.1. The third-order valence-corrected chi connectivity index (χ3v) is 8.41. The van der Waals surface area contributed by atoms with E-state index >= 15 is 0 Å². The third-order valence-electron chi connectivity index (χ3n) is 8.41. The summed E-state index contributed by atoms with van der Waals surface area (Å²) >= 11 is 0. The summed E-state index contributed by atoms with van der Waals surface area (Å²) < 4.78 is 6.41. The lowest BCUT2D eigenvalue weighted by Gasteiger charge is -2.37. The normalized spacial score (nSPS) is 27.1. The molecule has 0 radical (unpaired) electrons. The highest BCUT2D eigenvalue weighted by atomic mass is 16.6. The highest BCUT2D eigenvalue weighted by Gasteiger charge is 2.78. The topological polar surface area (TPSA) is 125 Å². The summed E-state index contributed by atoms with van der Waals surface area (Å²) in [5.41, 5.74) is 6.01. The van der Waals surface area contributed by atoms with Gasteiger partial charge in [-0.3, -0.25) is 9.59 Å². The van der Waals surface area contributed by atoms with Gasteiger partial charge in [0.05, 0.1) is 22.9 Å². The van der Waals surface area contributed by atoms with Crippen LogP contribution in [0.25, 0.3) is 10.8 Å². The molecule has 2 aliphatic carbocycles. The molecule has 39 heavy (non-hydrogen) atoms. The summed E-state index contributed by atoms with van der Waals surface area (Å²) in [6, 6.07) is 9.89. The van der Waals surface area contributed by atoms with Crippen LogP contribution in [0.1, 0.15) is 62.7 Å². The van der Waals surface area contributed by atoms with E-state index in [4.69, 9.17) is 10.5 Å². The molecule has 0 aromatic heterocycles. The molecule has 192 valence electrons. The van der Waals surface area contributed by atoms with Gasteiger partial charge in [0.15, 0.2) is 17.2 Å². The van der Waals surface area contributed by atoms with Gasteiger partial charge in [-0.1, -0.05) is 35.8 Å². The maximum atomic E-state index is 14.1. The van der Waals surface area contributed by atoms with Crippen LogP contribution >= 0.6 is 0 Å². The van der Waals surface area contributed by atoms with Crippen LogP contribution in [-0.4, -0.2) is 39.5 Å². The Morgan fingerprint density at radius 2 is 1.82 bits per heavy atom. The molecular formula is C32H24N2O5. The predicted molar refractivity (Wildman–Crippen MR) is 145 cm³/mol. The second-order valence-corrected chi connectivity index (χ2v) is 10.4. The van der Waals surface area contributed by atoms with Crippen LogP contribution in [0.15, 0.2) is 48.6 Å². The minimum Gasteiger partial charge on any atom is -0.507 e.